The van der Waals surface area contributed by atoms with Gasteiger partial charge in [-0.1, -0.05) is 30.4 Å². The number of hydrogen-bond donors (Lipinski definition) is 0. The molecule has 0 bridgehead atoms. The van der Waals surface area contributed by atoms with Crippen LogP contribution in [0.15, 0.2) is 47.4 Å². The van der Waals surface area contributed by atoms with E-state index in [4.69, 9.17) is 0 Å². The van der Waals surface area contributed by atoms with Crippen LogP contribution in [0.2, 0.25) is 0 Å². The zero-order chi connectivity index (χ0) is 10.5. The van der Waals surface area contributed by atoms with Gasteiger partial charge in [0.2, 0.25) is 0 Å². The van der Waals surface area contributed by atoms with Crippen LogP contribution in [0.1, 0.15) is 25.7 Å². The molecule has 1 aliphatic carbocycles. The average molecular weight is 218 g/mol. The zero-order valence-corrected chi connectivity index (χ0v) is 9.93. The van der Waals surface area contributed by atoms with Gasteiger partial charge in [0.25, 0.3) is 0 Å². The lowest BCUT2D eigenvalue weighted by molar-refractivity contribution is 0.452. The highest BCUT2D eigenvalue weighted by Gasteiger charge is 2.15. The summed E-state index contributed by atoms with van der Waals surface area (Å²) in [5.41, 5.74) is 1.45. The Kier molecular flexibility index (Phi) is 3.90. The fraction of sp³-hybridized carbons (Fsp3) is 0.429. The summed E-state index contributed by atoms with van der Waals surface area (Å²) in [6, 6.07) is 10.7. The minimum atomic E-state index is 0.903. The van der Waals surface area contributed by atoms with Crippen LogP contribution in [0.5, 0.6) is 0 Å². The van der Waals surface area contributed by atoms with Crippen molar-refractivity contribution in [2.24, 2.45) is 5.92 Å². The van der Waals surface area contributed by atoms with Gasteiger partial charge in [0, 0.05) is 10.6 Å². The van der Waals surface area contributed by atoms with Gasteiger partial charge in [-0.2, -0.15) is 0 Å². The summed E-state index contributed by atoms with van der Waals surface area (Å²) < 4.78 is 0. The first-order chi connectivity index (χ1) is 7.34. The SMILES string of the molecule is C=C1CCC(CSc2ccccc2)CC1. The van der Waals surface area contributed by atoms with E-state index in [1.807, 2.05) is 11.8 Å². The highest BCUT2D eigenvalue weighted by molar-refractivity contribution is 7.99. The van der Waals surface area contributed by atoms with Crippen molar-refractivity contribution in [2.75, 3.05) is 5.75 Å². The first-order valence-corrected chi connectivity index (χ1v) is 6.67. The maximum atomic E-state index is 4.06. The molecule has 1 heteroatoms. The minimum Gasteiger partial charge on any atom is -0.126 e. The van der Waals surface area contributed by atoms with Gasteiger partial charge in [-0.05, 0) is 43.7 Å². The van der Waals surface area contributed by atoms with Crippen LogP contribution in [-0.2, 0) is 0 Å². The molecule has 2 rings (SSSR count). The van der Waals surface area contributed by atoms with Crippen molar-refractivity contribution in [1.82, 2.24) is 0 Å². The van der Waals surface area contributed by atoms with Crippen LogP contribution >= 0.6 is 11.8 Å². The van der Waals surface area contributed by atoms with Crippen LogP contribution < -0.4 is 0 Å². The second-order valence-corrected chi connectivity index (χ2v) is 5.41. The summed E-state index contributed by atoms with van der Waals surface area (Å²) in [7, 11) is 0. The molecule has 0 heterocycles. The molecule has 0 radical (unpaired) electrons. The number of rotatable bonds is 3. The molecule has 1 aliphatic rings. The predicted molar refractivity (Wildman–Crippen MR) is 68.3 cm³/mol. The van der Waals surface area contributed by atoms with E-state index in [0.29, 0.717) is 0 Å². The largest absolute Gasteiger partial charge is 0.126 e. The van der Waals surface area contributed by atoms with E-state index in [0.717, 1.165) is 5.92 Å². The molecule has 1 saturated carbocycles. The number of thioether (sulfide) groups is 1. The van der Waals surface area contributed by atoms with Gasteiger partial charge < -0.3 is 0 Å². The molecule has 0 aliphatic heterocycles. The smallest absolute Gasteiger partial charge is 0.00720 e. The Hall–Kier alpha value is -0.690. The van der Waals surface area contributed by atoms with Crippen molar-refractivity contribution in [3.05, 3.63) is 42.5 Å². The van der Waals surface area contributed by atoms with Crippen molar-refractivity contribution in [3.63, 3.8) is 0 Å². The van der Waals surface area contributed by atoms with Crippen LogP contribution in [-0.4, -0.2) is 5.75 Å². The quantitative estimate of drug-likeness (QED) is 0.531. The molecule has 0 N–H and O–H groups in total. The van der Waals surface area contributed by atoms with Crippen LogP contribution in [0.4, 0.5) is 0 Å². The lowest BCUT2D eigenvalue weighted by Gasteiger charge is -2.22. The fourth-order valence-electron chi connectivity index (χ4n) is 1.98. The topological polar surface area (TPSA) is 0 Å². The van der Waals surface area contributed by atoms with E-state index in [1.54, 1.807) is 0 Å². The highest BCUT2D eigenvalue weighted by Crippen LogP contribution is 2.31. The van der Waals surface area contributed by atoms with Gasteiger partial charge in [-0.25, -0.2) is 0 Å². The summed E-state index contributed by atoms with van der Waals surface area (Å²) in [4.78, 5) is 1.40. The maximum absolute atomic E-state index is 4.06. The Morgan fingerprint density at radius 1 is 1.13 bits per heavy atom. The monoisotopic (exact) mass is 218 g/mol. The third-order valence-electron chi connectivity index (χ3n) is 3.04. The van der Waals surface area contributed by atoms with Crippen LogP contribution in [0, 0.1) is 5.92 Å². The second-order valence-electron chi connectivity index (χ2n) is 4.32. The fourth-order valence-corrected chi connectivity index (χ4v) is 3.09. The summed E-state index contributed by atoms with van der Waals surface area (Å²) in [5, 5.41) is 0. The van der Waals surface area contributed by atoms with E-state index >= 15 is 0 Å². The van der Waals surface area contributed by atoms with E-state index in [2.05, 4.69) is 36.9 Å². The van der Waals surface area contributed by atoms with Crippen LogP contribution in [0.3, 0.4) is 0 Å². The van der Waals surface area contributed by atoms with Gasteiger partial charge in [0.05, 0.1) is 0 Å². The predicted octanol–water partition coefficient (Wildman–Crippen LogP) is 4.53. The average Bonchev–Trinajstić information content (AvgIpc) is 2.30. The number of benzene rings is 1. The van der Waals surface area contributed by atoms with Crippen molar-refractivity contribution in [3.8, 4) is 0 Å². The summed E-state index contributed by atoms with van der Waals surface area (Å²) in [5.74, 6) is 2.18. The lowest BCUT2D eigenvalue weighted by Crippen LogP contribution is -2.09. The Labute approximate surface area is 96.8 Å². The molecule has 0 atom stereocenters. The third kappa shape index (κ3) is 3.42. The van der Waals surface area contributed by atoms with Crippen molar-refractivity contribution in [1.29, 1.82) is 0 Å². The molecule has 1 aromatic rings. The van der Waals surface area contributed by atoms with E-state index < -0.39 is 0 Å². The first kappa shape index (κ1) is 10.8. The Morgan fingerprint density at radius 2 is 1.80 bits per heavy atom. The molecule has 1 fully saturated rings. The highest BCUT2D eigenvalue weighted by atomic mass is 32.2. The summed E-state index contributed by atoms with van der Waals surface area (Å²) >= 11 is 2.00. The van der Waals surface area contributed by atoms with Crippen LogP contribution in [0.25, 0.3) is 0 Å². The van der Waals surface area contributed by atoms with E-state index in [9.17, 15) is 0 Å². The van der Waals surface area contributed by atoms with Gasteiger partial charge in [-0.3, -0.25) is 0 Å². The van der Waals surface area contributed by atoms with Gasteiger partial charge in [0.15, 0.2) is 0 Å². The molecule has 0 saturated heterocycles. The third-order valence-corrected chi connectivity index (χ3v) is 4.28. The molecule has 0 unspecified atom stereocenters. The van der Waals surface area contributed by atoms with Gasteiger partial charge >= 0.3 is 0 Å². The summed E-state index contributed by atoms with van der Waals surface area (Å²) in [6.07, 6.45) is 5.19. The van der Waals surface area contributed by atoms with Gasteiger partial charge in [-0.15, -0.1) is 11.8 Å². The Balaban J connectivity index is 1.77. The first-order valence-electron chi connectivity index (χ1n) is 5.69. The lowest BCUT2D eigenvalue weighted by atomic mass is 9.88. The molecule has 1 aromatic carbocycles. The summed E-state index contributed by atoms with van der Waals surface area (Å²) in [6.45, 7) is 4.06. The molecule has 0 spiro atoms. The number of allylic oxidation sites excluding steroid dienone is 1. The van der Waals surface area contributed by atoms with Crippen molar-refractivity contribution >= 4 is 11.8 Å². The minimum absolute atomic E-state index is 0.903. The molecule has 0 amide bonds. The molecule has 15 heavy (non-hydrogen) atoms. The molecule has 0 nitrogen and oxygen atoms in total. The molecule has 0 aromatic heterocycles. The zero-order valence-electron chi connectivity index (χ0n) is 9.11. The standard InChI is InChI=1S/C14H18S/c1-12-7-9-13(10-8-12)11-15-14-5-3-2-4-6-14/h2-6,13H,1,7-11H2. The van der Waals surface area contributed by atoms with E-state index in [-0.39, 0.29) is 0 Å². The van der Waals surface area contributed by atoms with E-state index in [1.165, 1.54) is 41.9 Å². The van der Waals surface area contributed by atoms with Crippen molar-refractivity contribution < 1.29 is 0 Å². The second kappa shape index (κ2) is 5.41. The van der Waals surface area contributed by atoms with Crippen molar-refractivity contribution in [2.45, 2.75) is 30.6 Å². The van der Waals surface area contributed by atoms with Gasteiger partial charge in [0.1, 0.15) is 0 Å². The molecular formula is C14H18S. The Morgan fingerprint density at radius 3 is 2.47 bits per heavy atom. The molecular weight excluding hydrogens is 200 g/mol. The number of hydrogen-bond acceptors (Lipinski definition) is 1. The maximum Gasteiger partial charge on any atom is 0.00720 e. The Bertz CT molecular complexity index is 305. The normalized spacial score (nSPS) is 18.0. The molecule has 80 valence electrons.